The highest BCUT2D eigenvalue weighted by atomic mass is 35.5. The lowest BCUT2D eigenvalue weighted by Gasteiger charge is -2.23. The normalized spacial score (nSPS) is 13.2. The lowest BCUT2D eigenvalue weighted by molar-refractivity contribution is 0.265. The van der Waals surface area contributed by atoms with Crippen molar-refractivity contribution in [3.63, 3.8) is 0 Å². The molecule has 0 aromatic carbocycles. The lowest BCUT2D eigenvalue weighted by atomic mass is 10.0. The van der Waals surface area contributed by atoms with Crippen LogP contribution in [0.25, 0.3) is 0 Å². The highest BCUT2D eigenvalue weighted by molar-refractivity contribution is 6.17. The number of rotatable bonds is 13. The van der Waals surface area contributed by atoms with E-state index in [1.165, 1.54) is 64.2 Å². The van der Waals surface area contributed by atoms with Gasteiger partial charge >= 0.3 is 0 Å². The first-order chi connectivity index (χ1) is 8.72. The van der Waals surface area contributed by atoms with Crippen LogP contribution < -0.4 is 0 Å². The number of halogens is 1. The Labute approximate surface area is 120 Å². The highest BCUT2D eigenvalue weighted by Gasteiger charge is 2.09. The minimum atomic E-state index is 0.687. The topological polar surface area (TPSA) is 3.24 Å². The molecule has 2 heteroatoms. The summed E-state index contributed by atoms with van der Waals surface area (Å²) in [6, 6.07) is 0.687. The number of nitrogens with zero attached hydrogens (tertiary/aromatic N) is 1. The van der Waals surface area contributed by atoms with Gasteiger partial charge < -0.3 is 4.90 Å². The summed E-state index contributed by atoms with van der Waals surface area (Å²) in [6.45, 7) is 2.28. The summed E-state index contributed by atoms with van der Waals surface area (Å²) in [6.07, 6.45) is 15.2. The van der Waals surface area contributed by atoms with Gasteiger partial charge in [-0.3, -0.25) is 0 Å². The monoisotopic (exact) mass is 275 g/mol. The van der Waals surface area contributed by atoms with Gasteiger partial charge in [-0.25, -0.2) is 0 Å². The quantitative estimate of drug-likeness (QED) is 0.318. The van der Waals surface area contributed by atoms with Crippen LogP contribution in [-0.4, -0.2) is 30.9 Å². The molecule has 1 atom stereocenters. The SMILES string of the molecule is CCCCCCCCCCCC(CCCl)N(C)C. The Kier molecular flexibility index (Phi) is 13.9. The van der Waals surface area contributed by atoms with Crippen LogP contribution in [0, 0.1) is 0 Å². The summed E-state index contributed by atoms with van der Waals surface area (Å²) in [4.78, 5) is 2.33. The Morgan fingerprint density at radius 2 is 1.28 bits per heavy atom. The summed E-state index contributed by atoms with van der Waals surface area (Å²) < 4.78 is 0. The van der Waals surface area contributed by atoms with Crippen molar-refractivity contribution in [3.05, 3.63) is 0 Å². The molecular weight excluding hydrogens is 242 g/mol. The third-order valence-corrected chi connectivity index (χ3v) is 4.03. The molecule has 0 amide bonds. The van der Waals surface area contributed by atoms with Crippen molar-refractivity contribution in [3.8, 4) is 0 Å². The molecule has 0 fully saturated rings. The van der Waals surface area contributed by atoms with Crippen LogP contribution in [0.2, 0.25) is 0 Å². The van der Waals surface area contributed by atoms with Gasteiger partial charge in [0.15, 0.2) is 0 Å². The maximum absolute atomic E-state index is 5.84. The van der Waals surface area contributed by atoms with Crippen molar-refractivity contribution in [2.45, 2.75) is 83.6 Å². The van der Waals surface area contributed by atoms with Crippen LogP contribution in [0.5, 0.6) is 0 Å². The van der Waals surface area contributed by atoms with E-state index >= 15 is 0 Å². The fourth-order valence-corrected chi connectivity index (χ4v) is 2.73. The van der Waals surface area contributed by atoms with Crippen molar-refractivity contribution in [2.24, 2.45) is 0 Å². The molecule has 0 aliphatic carbocycles. The van der Waals surface area contributed by atoms with Gasteiger partial charge in [-0.15, -0.1) is 11.6 Å². The van der Waals surface area contributed by atoms with Crippen molar-refractivity contribution in [1.82, 2.24) is 4.90 Å². The first-order valence-electron chi connectivity index (χ1n) is 7.94. The Balaban J connectivity index is 3.27. The van der Waals surface area contributed by atoms with Crippen molar-refractivity contribution in [1.29, 1.82) is 0 Å². The lowest BCUT2D eigenvalue weighted by Crippen LogP contribution is -2.28. The average Bonchev–Trinajstić information content (AvgIpc) is 2.35. The molecule has 1 nitrogen and oxygen atoms in total. The van der Waals surface area contributed by atoms with E-state index < -0.39 is 0 Å². The zero-order valence-electron chi connectivity index (χ0n) is 12.9. The third-order valence-electron chi connectivity index (χ3n) is 3.81. The highest BCUT2D eigenvalue weighted by Crippen LogP contribution is 2.14. The number of hydrogen-bond donors (Lipinski definition) is 0. The maximum Gasteiger partial charge on any atom is 0.0238 e. The minimum Gasteiger partial charge on any atom is -0.306 e. The van der Waals surface area contributed by atoms with Gasteiger partial charge in [0.2, 0.25) is 0 Å². The van der Waals surface area contributed by atoms with Gasteiger partial charge in [-0.2, -0.15) is 0 Å². The van der Waals surface area contributed by atoms with Crippen LogP contribution in [0.15, 0.2) is 0 Å². The zero-order chi connectivity index (χ0) is 13.6. The van der Waals surface area contributed by atoms with Crippen LogP contribution in [-0.2, 0) is 0 Å². The molecule has 0 aliphatic heterocycles. The second-order valence-electron chi connectivity index (χ2n) is 5.71. The van der Waals surface area contributed by atoms with Gasteiger partial charge in [0.25, 0.3) is 0 Å². The summed E-state index contributed by atoms with van der Waals surface area (Å²) in [5, 5.41) is 0. The van der Waals surface area contributed by atoms with Gasteiger partial charge in [0, 0.05) is 11.9 Å². The molecule has 0 N–H and O–H groups in total. The van der Waals surface area contributed by atoms with Crippen LogP contribution in [0.1, 0.15) is 77.6 Å². The molecule has 0 spiro atoms. The predicted octanol–water partition coefficient (Wildman–Crippen LogP) is 5.47. The molecule has 110 valence electrons. The summed E-state index contributed by atoms with van der Waals surface area (Å²) in [5.41, 5.74) is 0. The molecule has 0 aliphatic rings. The maximum atomic E-state index is 5.84. The minimum absolute atomic E-state index is 0.687. The molecule has 1 unspecified atom stereocenters. The Morgan fingerprint density at radius 3 is 1.72 bits per heavy atom. The molecule has 0 radical (unpaired) electrons. The van der Waals surface area contributed by atoms with Gasteiger partial charge in [0.05, 0.1) is 0 Å². The number of unbranched alkanes of at least 4 members (excludes halogenated alkanes) is 8. The molecule has 0 saturated heterocycles. The standard InChI is InChI=1S/C16H34ClN/c1-4-5-6-7-8-9-10-11-12-13-16(14-15-17)18(2)3/h16H,4-15H2,1-3H3. The van der Waals surface area contributed by atoms with Gasteiger partial charge in [-0.1, -0.05) is 64.7 Å². The van der Waals surface area contributed by atoms with Crippen molar-refractivity contribution in [2.75, 3.05) is 20.0 Å². The number of alkyl halides is 1. The van der Waals surface area contributed by atoms with Crippen molar-refractivity contribution < 1.29 is 0 Å². The summed E-state index contributed by atoms with van der Waals surface area (Å²) in [7, 11) is 4.34. The summed E-state index contributed by atoms with van der Waals surface area (Å²) in [5.74, 6) is 0.792. The van der Waals surface area contributed by atoms with E-state index in [0.717, 1.165) is 12.3 Å². The average molecular weight is 276 g/mol. The molecule has 0 bridgehead atoms. The number of hydrogen-bond acceptors (Lipinski definition) is 1. The first kappa shape index (κ1) is 18.2. The largest absolute Gasteiger partial charge is 0.306 e. The second-order valence-corrected chi connectivity index (χ2v) is 6.09. The molecule has 18 heavy (non-hydrogen) atoms. The molecule has 0 saturated carbocycles. The Morgan fingerprint density at radius 1 is 0.778 bits per heavy atom. The molecule has 0 heterocycles. The predicted molar refractivity (Wildman–Crippen MR) is 84.7 cm³/mol. The fourth-order valence-electron chi connectivity index (χ4n) is 2.48. The van der Waals surface area contributed by atoms with Crippen LogP contribution >= 0.6 is 11.6 Å². The first-order valence-corrected chi connectivity index (χ1v) is 8.48. The Hall–Kier alpha value is 0.250. The van der Waals surface area contributed by atoms with E-state index in [1.54, 1.807) is 0 Å². The fraction of sp³-hybridized carbons (Fsp3) is 1.00. The van der Waals surface area contributed by atoms with E-state index in [-0.39, 0.29) is 0 Å². The summed E-state index contributed by atoms with van der Waals surface area (Å²) >= 11 is 5.84. The molecule has 0 rings (SSSR count). The van der Waals surface area contributed by atoms with Crippen molar-refractivity contribution >= 4 is 11.6 Å². The van der Waals surface area contributed by atoms with E-state index in [9.17, 15) is 0 Å². The Bertz CT molecular complexity index is 159. The molecule has 0 aromatic heterocycles. The van der Waals surface area contributed by atoms with Crippen LogP contribution in [0.4, 0.5) is 0 Å². The second kappa shape index (κ2) is 13.7. The van der Waals surface area contributed by atoms with E-state index in [2.05, 4.69) is 25.9 Å². The van der Waals surface area contributed by atoms with E-state index in [1.807, 2.05) is 0 Å². The third kappa shape index (κ3) is 11.3. The molecule has 0 aromatic rings. The van der Waals surface area contributed by atoms with Gasteiger partial charge in [0.1, 0.15) is 0 Å². The van der Waals surface area contributed by atoms with Gasteiger partial charge in [-0.05, 0) is 26.9 Å². The molecular formula is C16H34ClN. The zero-order valence-corrected chi connectivity index (χ0v) is 13.6. The van der Waals surface area contributed by atoms with Crippen LogP contribution in [0.3, 0.4) is 0 Å². The van der Waals surface area contributed by atoms with E-state index in [0.29, 0.717) is 6.04 Å². The van der Waals surface area contributed by atoms with E-state index in [4.69, 9.17) is 11.6 Å². The smallest absolute Gasteiger partial charge is 0.0238 e.